The van der Waals surface area contributed by atoms with Crippen LogP contribution in [-0.4, -0.2) is 39.9 Å². The number of carbonyl (C=O) groups excluding carboxylic acids is 1. The standard InChI is InChI=1S/C8H16BrNO2/c1-6(9)7(11)10(4)5-8(2,3)12/h6,12H,5H2,1-4H3. The van der Waals surface area contributed by atoms with Crippen LogP contribution in [0.25, 0.3) is 0 Å². The minimum Gasteiger partial charge on any atom is -0.389 e. The zero-order valence-electron chi connectivity index (χ0n) is 7.97. The van der Waals surface area contributed by atoms with Gasteiger partial charge in [0.05, 0.1) is 10.4 Å². The minimum absolute atomic E-state index is 0.0166. The summed E-state index contributed by atoms with van der Waals surface area (Å²) in [6, 6.07) is 0. The third-order valence-corrected chi connectivity index (χ3v) is 1.73. The molecular formula is C8H16BrNO2. The highest BCUT2D eigenvalue weighted by atomic mass is 79.9. The molecule has 1 N–H and O–H groups in total. The molecule has 0 aromatic rings. The number of carbonyl (C=O) groups is 1. The van der Waals surface area contributed by atoms with Crippen LogP contribution in [-0.2, 0) is 4.79 Å². The van der Waals surface area contributed by atoms with Crippen LogP contribution in [0.1, 0.15) is 20.8 Å². The number of aliphatic hydroxyl groups is 1. The van der Waals surface area contributed by atoms with Crippen LogP contribution in [0, 0.1) is 0 Å². The molecule has 3 nitrogen and oxygen atoms in total. The molecule has 4 heteroatoms. The SMILES string of the molecule is CC(Br)C(=O)N(C)CC(C)(C)O. The summed E-state index contributed by atoms with van der Waals surface area (Å²) >= 11 is 3.18. The van der Waals surface area contributed by atoms with E-state index in [9.17, 15) is 9.90 Å². The van der Waals surface area contributed by atoms with Crippen LogP contribution in [0.5, 0.6) is 0 Å². The van der Waals surface area contributed by atoms with Crippen molar-refractivity contribution >= 4 is 21.8 Å². The van der Waals surface area contributed by atoms with E-state index in [1.165, 1.54) is 4.90 Å². The quantitative estimate of drug-likeness (QED) is 0.745. The summed E-state index contributed by atoms with van der Waals surface area (Å²) < 4.78 is 0. The zero-order chi connectivity index (χ0) is 9.94. The fraction of sp³-hybridized carbons (Fsp3) is 0.875. The molecule has 0 saturated heterocycles. The Bertz CT molecular complexity index is 163. The van der Waals surface area contributed by atoms with Gasteiger partial charge in [0.1, 0.15) is 0 Å². The summed E-state index contributed by atoms with van der Waals surface area (Å²) in [7, 11) is 1.68. The van der Waals surface area contributed by atoms with Crippen molar-refractivity contribution in [3.63, 3.8) is 0 Å². The van der Waals surface area contributed by atoms with Crippen LogP contribution in [0.4, 0.5) is 0 Å². The van der Waals surface area contributed by atoms with Gasteiger partial charge in [-0.2, -0.15) is 0 Å². The normalized spacial score (nSPS) is 14.2. The van der Waals surface area contributed by atoms with E-state index in [1.54, 1.807) is 27.8 Å². The Balaban J connectivity index is 4.05. The van der Waals surface area contributed by atoms with Gasteiger partial charge in [0.2, 0.25) is 5.91 Å². The average molecular weight is 238 g/mol. The number of amides is 1. The van der Waals surface area contributed by atoms with E-state index < -0.39 is 5.60 Å². The summed E-state index contributed by atoms with van der Waals surface area (Å²) in [5.74, 6) is -0.0166. The summed E-state index contributed by atoms with van der Waals surface area (Å²) in [4.78, 5) is 12.6. The number of hydrogen-bond donors (Lipinski definition) is 1. The summed E-state index contributed by atoms with van der Waals surface area (Å²) in [5.41, 5.74) is -0.827. The molecule has 72 valence electrons. The number of rotatable bonds is 3. The van der Waals surface area contributed by atoms with Crippen molar-refractivity contribution in [2.24, 2.45) is 0 Å². The Labute approximate surface area is 81.9 Å². The molecule has 1 amide bonds. The maximum Gasteiger partial charge on any atom is 0.235 e. The first-order valence-electron chi connectivity index (χ1n) is 3.85. The van der Waals surface area contributed by atoms with E-state index >= 15 is 0 Å². The molecule has 0 heterocycles. The molecule has 0 rings (SSSR count). The van der Waals surface area contributed by atoms with Crippen LogP contribution >= 0.6 is 15.9 Å². The highest BCUT2D eigenvalue weighted by molar-refractivity contribution is 9.10. The third-order valence-electron chi connectivity index (χ3n) is 1.34. The van der Waals surface area contributed by atoms with Crippen molar-refractivity contribution in [1.29, 1.82) is 0 Å². The molecule has 1 atom stereocenters. The number of likely N-dealkylation sites (N-methyl/N-ethyl adjacent to an activating group) is 1. The molecule has 0 aromatic heterocycles. The molecule has 0 bridgehead atoms. The molecule has 0 radical (unpaired) electrons. The maximum absolute atomic E-state index is 11.3. The van der Waals surface area contributed by atoms with Gasteiger partial charge >= 0.3 is 0 Å². The fourth-order valence-electron chi connectivity index (χ4n) is 0.962. The molecule has 12 heavy (non-hydrogen) atoms. The van der Waals surface area contributed by atoms with Crippen molar-refractivity contribution < 1.29 is 9.90 Å². The van der Waals surface area contributed by atoms with Crippen molar-refractivity contribution in [3.8, 4) is 0 Å². The molecule has 0 aromatic carbocycles. The molecule has 1 unspecified atom stereocenters. The molecule has 0 aliphatic carbocycles. The van der Waals surface area contributed by atoms with Gasteiger partial charge in [0.15, 0.2) is 0 Å². The summed E-state index contributed by atoms with van der Waals surface area (Å²) in [5, 5.41) is 9.41. The van der Waals surface area contributed by atoms with Gasteiger partial charge in [-0.1, -0.05) is 15.9 Å². The first kappa shape index (κ1) is 11.9. The zero-order valence-corrected chi connectivity index (χ0v) is 9.55. The lowest BCUT2D eigenvalue weighted by molar-refractivity contribution is -0.131. The minimum atomic E-state index is -0.827. The average Bonchev–Trinajstić information content (AvgIpc) is 1.82. The van der Waals surface area contributed by atoms with Gasteiger partial charge in [-0.05, 0) is 20.8 Å². The molecule has 0 saturated carbocycles. The Hall–Kier alpha value is -0.0900. The van der Waals surface area contributed by atoms with Crippen molar-refractivity contribution in [1.82, 2.24) is 4.90 Å². The number of alkyl halides is 1. The highest BCUT2D eigenvalue weighted by Crippen LogP contribution is 2.07. The first-order chi connectivity index (χ1) is 5.24. The maximum atomic E-state index is 11.3. The summed E-state index contributed by atoms with van der Waals surface area (Å²) in [6.45, 7) is 5.47. The number of hydrogen-bond acceptors (Lipinski definition) is 2. The van der Waals surface area contributed by atoms with Crippen molar-refractivity contribution in [3.05, 3.63) is 0 Å². The van der Waals surface area contributed by atoms with Crippen molar-refractivity contribution in [2.45, 2.75) is 31.2 Å². The highest BCUT2D eigenvalue weighted by Gasteiger charge is 2.21. The monoisotopic (exact) mass is 237 g/mol. The molecule has 0 aliphatic heterocycles. The molecule has 0 aliphatic rings. The van der Waals surface area contributed by atoms with Crippen LogP contribution in [0.15, 0.2) is 0 Å². The second-order valence-electron chi connectivity index (χ2n) is 3.62. The Kier molecular flexibility index (Phi) is 4.20. The Morgan fingerprint density at radius 1 is 1.67 bits per heavy atom. The van der Waals surface area contributed by atoms with E-state index in [0.29, 0.717) is 6.54 Å². The second kappa shape index (κ2) is 4.23. The van der Waals surface area contributed by atoms with Gasteiger partial charge in [-0.3, -0.25) is 4.79 Å². The topological polar surface area (TPSA) is 40.5 Å². The second-order valence-corrected chi connectivity index (χ2v) is 5.00. The third kappa shape index (κ3) is 4.72. The van der Waals surface area contributed by atoms with E-state index in [2.05, 4.69) is 15.9 Å². The lowest BCUT2D eigenvalue weighted by Crippen LogP contribution is -2.42. The van der Waals surface area contributed by atoms with E-state index in [1.807, 2.05) is 0 Å². The van der Waals surface area contributed by atoms with Crippen LogP contribution in [0.2, 0.25) is 0 Å². The van der Waals surface area contributed by atoms with E-state index in [4.69, 9.17) is 0 Å². The van der Waals surface area contributed by atoms with Gasteiger partial charge in [-0.25, -0.2) is 0 Å². The van der Waals surface area contributed by atoms with Gasteiger partial charge in [0.25, 0.3) is 0 Å². The Morgan fingerprint density at radius 2 is 2.08 bits per heavy atom. The van der Waals surface area contributed by atoms with Crippen LogP contribution in [0.3, 0.4) is 0 Å². The van der Waals surface area contributed by atoms with Gasteiger partial charge in [0, 0.05) is 13.6 Å². The smallest absolute Gasteiger partial charge is 0.235 e. The number of nitrogens with zero attached hydrogens (tertiary/aromatic N) is 1. The van der Waals surface area contributed by atoms with E-state index in [0.717, 1.165) is 0 Å². The predicted molar refractivity (Wildman–Crippen MR) is 52.3 cm³/mol. The lowest BCUT2D eigenvalue weighted by Gasteiger charge is -2.26. The van der Waals surface area contributed by atoms with Gasteiger partial charge in [-0.15, -0.1) is 0 Å². The fourth-order valence-corrected chi connectivity index (χ4v) is 1.31. The predicted octanol–water partition coefficient (Wildman–Crippen LogP) is 0.999. The lowest BCUT2D eigenvalue weighted by atomic mass is 10.1. The first-order valence-corrected chi connectivity index (χ1v) is 4.77. The largest absolute Gasteiger partial charge is 0.389 e. The van der Waals surface area contributed by atoms with Crippen LogP contribution < -0.4 is 0 Å². The molecule has 0 fully saturated rings. The Morgan fingerprint density at radius 3 is 2.33 bits per heavy atom. The molecular weight excluding hydrogens is 222 g/mol. The van der Waals surface area contributed by atoms with Crippen molar-refractivity contribution in [2.75, 3.05) is 13.6 Å². The summed E-state index contributed by atoms with van der Waals surface area (Å²) in [6.07, 6.45) is 0. The molecule has 0 spiro atoms. The van der Waals surface area contributed by atoms with Gasteiger partial charge < -0.3 is 10.0 Å². The van der Waals surface area contributed by atoms with E-state index in [-0.39, 0.29) is 10.7 Å². The number of halogens is 1.